The lowest BCUT2D eigenvalue weighted by molar-refractivity contribution is -0.155. The highest BCUT2D eigenvalue weighted by molar-refractivity contribution is 6.31. The van der Waals surface area contributed by atoms with Crippen LogP contribution < -0.4 is 15.4 Å². The highest BCUT2D eigenvalue weighted by atomic mass is 35.5. The fourth-order valence-corrected chi connectivity index (χ4v) is 2.54. The van der Waals surface area contributed by atoms with Crippen LogP contribution in [0.5, 0.6) is 5.75 Å². The maximum atomic E-state index is 13.2. The molecule has 0 saturated heterocycles. The lowest BCUT2D eigenvalue weighted by Crippen LogP contribution is -2.41. The molecule has 0 unspecified atom stereocenters. The average Bonchev–Trinajstić information content (AvgIpc) is 2.75. The number of rotatable bonds is 8. The first-order valence-corrected chi connectivity index (χ1v) is 9.66. The minimum absolute atomic E-state index is 0.151. The third-order valence-corrected chi connectivity index (χ3v) is 4.39. The van der Waals surface area contributed by atoms with Crippen LogP contribution in [-0.2, 0) is 19.1 Å². The molecule has 0 fully saturated rings. The van der Waals surface area contributed by atoms with E-state index in [4.69, 9.17) is 21.1 Å². The Balaban J connectivity index is 1.84. The number of hydrogen-bond donors (Lipinski definition) is 2. The zero-order chi connectivity index (χ0) is 23.0. The predicted octanol–water partition coefficient (Wildman–Crippen LogP) is 3.58. The van der Waals surface area contributed by atoms with Crippen molar-refractivity contribution in [1.82, 2.24) is 5.32 Å². The summed E-state index contributed by atoms with van der Waals surface area (Å²) in [5, 5.41) is 4.78. The summed E-state index contributed by atoms with van der Waals surface area (Å²) >= 11 is 5.67. The van der Waals surface area contributed by atoms with E-state index in [1.54, 1.807) is 37.5 Å². The van der Waals surface area contributed by atoms with Crippen molar-refractivity contribution >= 4 is 41.1 Å². The molecule has 0 aliphatic heterocycles. The van der Waals surface area contributed by atoms with Crippen LogP contribution in [0.4, 0.5) is 10.1 Å². The van der Waals surface area contributed by atoms with E-state index >= 15 is 0 Å². The quantitative estimate of drug-likeness (QED) is 0.475. The van der Waals surface area contributed by atoms with Crippen molar-refractivity contribution in [3.8, 4) is 5.75 Å². The van der Waals surface area contributed by atoms with E-state index in [1.807, 2.05) is 0 Å². The van der Waals surface area contributed by atoms with Gasteiger partial charge in [-0.05, 0) is 55.8 Å². The number of benzene rings is 2. The lowest BCUT2D eigenvalue weighted by Gasteiger charge is -2.17. The van der Waals surface area contributed by atoms with Crippen molar-refractivity contribution in [2.45, 2.75) is 26.0 Å². The molecule has 0 saturated carbocycles. The number of carbonyl (C=O) groups excluding carboxylic acids is 3. The summed E-state index contributed by atoms with van der Waals surface area (Å²) < 4.78 is 23.3. The first-order chi connectivity index (χ1) is 14.7. The third-order valence-electron chi connectivity index (χ3n) is 4.10. The fourth-order valence-electron chi connectivity index (χ4n) is 2.35. The number of ether oxygens (including phenoxy) is 2. The molecule has 0 aliphatic carbocycles. The number of esters is 1. The number of anilines is 1. The van der Waals surface area contributed by atoms with Gasteiger partial charge < -0.3 is 20.1 Å². The SMILES string of the molecule is COc1ccc(/C=C/C(=O)N[C@H](C)C(=O)O[C@H](C)C(=O)Nc2ccc(F)c(Cl)c2)cc1. The van der Waals surface area contributed by atoms with E-state index in [0.717, 1.165) is 11.6 Å². The van der Waals surface area contributed by atoms with Gasteiger partial charge in [-0.1, -0.05) is 23.7 Å². The van der Waals surface area contributed by atoms with Crippen molar-refractivity contribution in [2.75, 3.05) is 12.4 Å². The van der Waals surface area contributed by atoms with E-state index in [-0.39, 0.29) is 10.7 Å². The first-order valence-electron chi connectivity index (χ1n) is 9.28. The summed E-state index contributed by atoms with van der Waals surface area (Å²) in [7, 11) is 1.56. The summed E-state index contributed by atoms with van der Waals surface area (Å²) in [5.41, 5.74) is 1.03. The minimum Gasteiger partial charge on any atom is -0.497 e. The van der Waals surface area contributed by atoms with Crippen molar-refractivity contribution in [3.05, 3.63) is 64.9 Å². The summed E-state index contributed by atoms with van der Waals surface area (Å²) in [4.78, 5) is 36.3. The second-order valence-corrected chi connectivity index (χ2v) is 6.94. The van der Waals surface area contributed by atoms with Crippen molar-refractivity contribution < 1.29 is 28.2 Å². The van der Waals surface area contributed by atoms with Gasteiger partial charge in [0.25, 0.3) is 5.91 Å². The topological polar surface area (TPSA) is 93.7 Å². The number of nitrogens with one attached hydrogen (secondary N) is 2. The molecule has 164 valence electrons. The Labute approximate surface area is 184 Å². The van der Waals surface area contributed by atoms with E-state index in [9.17, 15) is 18.8 Å². The molecule has 0 bridgehead atoms. The molecule has 31 heavy (non-hydrogen) atoms. The summed E-state index contributed by atoms with van der Waals surface area (Å²) in [6, 6.07) is 9.74. The molecule has 2 aromatic rings. The van der Waals surface area contributed by atoms with Gasteiger partial charge in [-0.15, -0.1) is 0 Å². The molecular weight excluding hydrogens is 427 g/mol. The number of halogens is 2. The van der Waals surface area contributed by atoms with Gasteiger partial charge in [-0.25, -0.2) is 9.18 Å². The standard InChI is InChI=1S/C22H22ClFN2O5/c1-13(25-20(27)11-6-15-4-8-17(30-3)9-5-15)22(29)31-14(2)21(28)26-16-7-10-19(24)18(23)12-16/h4-14H,1-3H3,(H,25,27)(H,26,28)/b11-6+/t13-,14-/m1/s1. The van der Waals surface area contributed by atoms with Crippen molar-refractivity contribution in [3.63, 3.8) is 0 Å². The molecule has 2 N–H and O–H groups in total. The van der Waals surface area contributed by atoms with Gasteiger partial charge in [0, 0.05) is 11.8 Å². The molecular formula is C22H22ClFN2O5. The Morgan fingerprint density at radius 2 is 1.77 bits per heavy atom. The van der Waals surface area contributed by atoms with Gasteiger partial charge >= 0.3 is 5.97 Å². The third kappa shape index (κ3) is 7.42. The summed E-state index contributed by atoms with van der Waals surface area (Å²) in [6.45, 7) is 2.81. The smallest absolute Gasteiger partial charge is 0.329 e. The molecule has 7 nitrogen and oxygen atoms in total. The fraction of sp³-hybridized carbons (Fsp3) is 0.227. The molecule has 9 heteroatoms. The molecule has 0 aromatic heterocycles. The van der Waals surface area contributed by atoms with E-state index in [2.05, 4.69) is 10.6 Å². The maximum absolute atomic E-state index is 13.2. The Morgan fingerprint density at radius 1 is 1.10 bits per heavy atom. The van der Waals surface area contributed by atoms with Crippen LogP contribution in [0.1, 0.15) is 19.4 Å². The maximum Gasteiger partial charge on any atom is 0.329 e. The van der Waals surface area contributed by atoms with Gasteiger partial charge in [0.15, 0.2) is 6.10 Å². The molecule has 0 heterocycles. The van der Waals surface area contributed by atoms with E-state index in [0.29, 0.717) is 5.75 Å². The van der Waals surface area contributed by atoms with Gasteiger partial charge in [-0.2, -0.15) is 0 Å². The highest BCUT2D eigenvalue weighted by Crippen LogP contribution is 2.19. The predicted molar refractivity (Wildman–Crippen MR) is 115 cm³/mol. The number of methoxy groups -OCH3 is 1. The average molecular weight is 449 g/mol. The second kappa shape index (κ2) is 11.1. The van der Waals surface area contributed by atoms with Crippen LogP contribution in [0.3, 0.4) is 0 Å². The van der Waals surface area contributed by atoms with E-state index in [1.165, 1.54) is 32.1 Å². The first kappa shape index (κ1) is 23.9. The number of amides is 2. The summed E-state index contributed by atoms with van der Waals surface area (Å²) in [5.74, 6) is -1.85. The molecule has 0 spiro atoms. The van der Waals surface area contributed by atoms with Crippen molar-refractivity contribution in [1.29, 1.82) is 0 Å². The molecule has 2 aromatic carbocycles. The molecule has 2 atom stereocenters. The number of hydrogen-bond acceptors (Lipinski definition) is 5. The monoisotopic (exact) mass is 448 g/mol. The molecule has 0 radical (unpaired) electrons. The van der Waals surface area contributed by atoms with Gasteiger partial charge in [0.1, 0.15) is 17.6 Å². The van der Waals surface area contributed by atoms with Gasteiger partial charge in [-0.3, -0.25) is 9.59 Å². The summed E-state index contributed by atoms with van der Waals surface area (Å²) in [6.07, 6.45) is 1.71. The van der Waals surface area contributed by atoms with Crippen LogP contribution in [0.15, 0.2) is 48.5 Å². The van der Waals surface area contributed by atoms with Crippen LogP contribution in [0.25, 0.3) is 6.08 Å². The van der Waals surface area contributed by atoms with Gasteiger partial charge in [0.2, 0.25) is 5.91 Å². The zero-order valence-electron chi connectivity index (χ0n) is 17.1. The van der Waals surface area contributed by atoms with Crippen LogP contribution in [0.2, 0.25) is 5.02 Å². The molecule has 2 rings (SSSR count). The Bertz CT molecular complexity index is 978. The highest BCUT2D eigenvalue weighted by Gasteiger charge is 2.23. The normalized spacial score (nSPS) is 12.7. The van der Waals surface area contributed by atoms with Crippen LogP contribution >= 0.6 is 11.6 Å². The minimum atomic E-state index is -1.15. The van der Waals surface area contributed by atoms with Crippen LogP contribution in [0, 0.1) is 5.82 Å². The zero-order valence-corrected chi connectivity index (χ0v) is 17.9. The Hall–Kier alpha value is -3.39. The molecule has 2 amide bonds. The van der Waals surface area contributed by atoms with Crippen LogP contribution in [-0.4, -0.2) is 37.0 Å². The Kier molecular flexibility index (Phi) is 8.57. The Morgan fingerprint density at radius 3 is 2.39 bits per heavy atom. The lowest BCUT2D eigenvalue weighted by atomic mass is 10.2. The number of carbonyl (C=O) groups is 3. The van der Waals surface area contributed by atoms with Crippen molar-refractivity contribution in [2.24, 2.45) is 0 Å². The van der Waals surface area contributed by atoms with E-state index < -0.39 is 35.7 Å². The second-order valence-electron chi connectivity index (χ2n) is 6.53. The molecule has 0 aliphatic rings. The largest absolute Gasteiger partial charge is 0.497 e. The van der Waals surface area contributed by atoms with Gasteiger partial charge in [0.05, 0.1) is 12.1 Å².